The highest BCUT2D eigenvalue weighted by molar-refractivity contribution is 5.96. The second-order valence-corrected chi connectivity index (χ2v) is 7.03. The molecule has 0 saturated heterocycles. The van der Waals surface area contributed by atoms with Crippen LogP contribution in [0.3, 0.4) is 0 Å². The van der Waals surface area contributed by atoms with Crippen LogP contribution >= 0.6 is 0 Å². The number of nitrogens with two attached hydrogens (primary N) is 1. The molecule has 1 aliphatic rings. The van der Waals surface area contributed by atoms with Crippen molar-refractivity contribution in [1.29, 1.82) is 0 Å². The number of hydrogen-bond acceptors (Lipinski definition) is 4. The quantitative estimate of drug-likeness (QED) is 0.729. The Bertz CT molecular complexity index is 793. The molecule has 3 rings (SSSR count). The Kier molecular flexibility index (Phi) is 6.29. The highest BCUT2D eigenvalue weighted by atomic mass is 16.3. The second kappa shape index (κ2) is 8.86. The molecular formula is C21H27N3O3. The molecule has 2 amide bonds. The van der Waals surface area contributed by atoms with Crippen molar-refractivity contribution in [2.24, 2.45) is 11.7 Å². The van der Waals surface area contributed by atoms with E-state index in [1.807, 2.05) is 24.3 Å². The molecule has 1 unspecified atom stereocenters. The third-order valence-corrected chi connectivity index (χ3v) is 5.21. The van der Waals surface area contributed by atoms with Crippen LogP contribution in [-0.2, 0) is 11.3 Å². The number of benzene rings is 1. The van der Waals surface area contributed by atoms with Gasteiger partial charge in [-0.15, -0.1) is 0 Å². The molecule has 0 spiro atoms. The Hall–Kier alpha value is -2.60. The van der Waals surface area contributed by atoms with E-state index in [9.17, 15) is 9.59 Å². The van der Waals surface area contributed by atoms with Gasteiger partial charge in [-0.3, -0.25) is 9.59 Å². The van der Waals surface area contributed by atoms with Gasteiger partial charge in [-0.2, -0.15) is 0 Å². The van der Waals surface area contributed by atoms with Gasteiger partial charge in [-0.1, -0.05) is 37.5 Å². The van der Waals surface area contributed by atoms with E-state index in [2.05, 4.69) is 10.6 Å². The van der Waals surface area contributed by atoms with E-state index in [-0.39, 0.29) is 23.5 Å². The maximum atomic E-state index is 12.7. The van der Waals surface area contributed by atoms with Gasteiger partial charge >= 0.3 is 0 Å². The monoisotopic (exact) mass is 369 g/mol. The van der Waals surface area contributed by atoms with E-state index < -0.39 is 6.04 Å². The van der Waals surface area contributed by atoms with Crippen molar-refractivity contribution in [3.8, 4) is 11.3 Å². The highest BCUT2D eigenvalue weighted by Crippen LogP contribution is 2.27. The van der Waals surface area contributed by atoms with E-state index in [0.29, 0.717) is 12.3 Å². The Labute approximate surface area is 159 Å². The average Bonchev–Trinajstić information content (AvgIpc) is 3.22. The maximum absolute atomic E-state index is 12.7. The lowest BCUT2D eigenvalue weighted by Gasteiger charge is -2.29. The number of hydrogen-bond donors (Lipinski definition) is 3. The van der Waals surface area contributed by atoms with E-state index in [1.165, 1.54) is 6.42 Å². The SMILES string of the molecule is CNC(=O)C(NC(=O)c1ccc(-c2cccc(CN)c2)o1)C1CCCCC1. The van der Waals surface area contributed by atoms with Crippen molar-refractivity contribution < 1.29 is 14.0 Å². The van der Waals surface area contributed by atoms with Crippen molar-refractivity contribution >= 4 is 11.8 Å². The summed E-state index contributed by atoms with van der Waals surface area (Å²) in [6.07, 6.45) is 5.28. The highest BCUT2D eigenvalue weighted by Gasteiger charge is 2.31. The van der Waals surface area contributed by atoms with Gasteiger partial charge in [0.15, 0.2) is 5.76 Å². The molecule has 0 aliphatic heterocycles. The molecule has 144 valence electrons. The molecule has 1 heterocycles. The zero-order chi connectivity index (χ0) is 19.2. The molecule has 27 heavy (non-hydrogen) atoms. The molecule has 6 nitrogen and oxygen atoms in total. The van der Waals surface area contributed by atoms with Crippen LogP contribution in [0.25, 0.3) is 11.3 Å². The summed E-state index contributed by atoms with van der Waals surface area (Å²) in [4.78, 5) is 25.0. The minimum atomic E-state index is -0.531. The van der Waals surface area contributed by atoms with Gasteiger partial charge in [0.1, 0.15) is 11.8 Å². The van der Waals surface area contributed by atoms with Gasteiger partial charge < -0.3 is 20.8 Å². The first-order valence-corrected chi connectivity index (χ1v) is 9.54. The van der Waals surface area contributed by atoms with E-state index >= 15 is 0 Å². The lowest BCUT2D eigenvalue weighted by atomic mass is 9.83. The number of carbonyl (C=O) groups excluding carboxylic acids is 2. The summed E-state index contributed by atoms with van der Waals surface area (Å²) >= 11 is 0. The van der Waals surface area contributed by atoms with Gasteiger partial charge in [0, 0.05) is 19.2 Å². The first-order chi connectivity index (χ1) is 13.1. The van der Waals surface area contributed by atoms with E-state index in [0.717, 1.165) is 36.8 Å². The Morgan fingerprint density at radius 1 is 1.19 bits per heavy atom. The van der Waals surface area contributed by atoms with Crippen LogP contribution in [0, 0.1) is 5.92 Å². The fourth-order valence-electron chi connectivity index (χ4n) is 3.70. The van der Waals surface area contributed by atoms with Crippen molar-refractivity contribution in [2.75, 3.05) is 7.05 Å². The maximum Gasteiger partial charge on any atom is 0.287 e. The number of nitrogens with one attached hydrogen (secondary N) is 2. The van der Waals surface area contributed by atoms with Crippen molar-refractivity contribution in [2.45, 2.75) is 44.7 Å². The van der Waals surface area contributed by atoms with Crippen LogP contribution in [0.1, 0.15) is 48.2 Å². The number of furan rings is 1. The van der Waals surface area contributed by atoms with Crippen molar-refractivity contribution in [3.05, 3.63) is 47.7 Å². The standard InChI is InChI=1S/C21H27N3O3/c1-23-21(26)19(15-7-3-2-4-8-15)24-20(25)18-11-10-17(27-18)16-9-5-6-14(12-16)13-22/h5-6,9-12,15,19H,2-4,7-8,13,22H2,1H3,(H,23,26)(H,24,25). The molecule has 0 radical (unpaired) electrons. The molecule has 4 N–H and O–H groups in total. The minimum absolute atomic E-state index is 0.155. The predicted molar refractivity (Wildman–Crippen MR) is 104 cm³/mol. The van der Waals surface area contributed by atoms with Crippen LogP contribution in [0.15, 0.2) is 40.8 Å². The molecule has 2 aromatic rings. The summed E-state index contributed by atoms with van der Waals surface area (Å²) in [6, 6.07) is 10.6. The van der Waals surface area contributed by atoms with E-state index in [4.69, 9.17) is 10.2 Å². The topological polar surface area (TPSA) is 97.4 Å². The minimum Gasteiger partial charge on any atom is -0.451 e. The molecule has 1 fully saturated rings. The third kappa shape index (κ3) is 4.57. The van der Waals surface area contributed by atoms with Crippen LogP contribution in [-0.4, -0.2) is 24.9 Å². The summed E-state index contributed by atoms with van der Waals surface area (Å²) in [5.41, 5.74) is 7.54. The molecule has 1 aromatic heterocycles. The predicted octanol–water partition coefficient (Wildman–Crippen LogP) is 2.83. The zero-order valence-electron chi connectivity index (χ0n) is 15.7. The number of likely N-dealkylation sites (N-methyl/N-ethyl adjacent to an activating group) is 1. The molecule has 1 saturated carbocycles. The van der Waals surface area contributed by atoms with Crippen molar-refractivity contribution in [1.82, 2.24) is 10.6 Å². The lowest BCUT2D eigenvalue weighted by molar-refractivity contribution is -0.124. The molecule has 1 aliphatic carbocycles. The summed E-state index contributed by atoms with van der Waals surface area (Å²) in [6.45, 7) is 0.442. The Morgan fingerprint density at radius 2 is 1.96 bits per heavy atom. The van der Waals surface area contributed by atoms with Gasteiger partial charge in [-0.05, 0) is 42.5 Å². The van der Waals surface area contributed by atoms with Crippen LogP contribution < -0.4 is 16.4 Å². The average molecular weight is 369 g/mol. The second-order valence-electron chi connectivity index (χ2n) is 7.03. The summed E-state index contributed by atoms with van der Waals surface area (Å²) in [5.74, 6) is 0.448. The first-order valence-electron chi connectivity index (χ1n) is 9.54. The normalized spacial score (nSPS) is 15.9. The van der Waals surface area contributed by atoms with E-state index in [1.54, 1.807) is 19.2 Å². The summed E-state index contributed by atoms with van der Waals surface area (Å²) in [5, 5.41) is 5.54. The molecule has 1 aromatic carbocycles. The number of amides is 2. The molecule has 1 atom stereocenters. The summed E-state index contributed by atoms with van der Waals surface area (Å²) in [7, 11) is 1.60. The number of carbonyl (C=O) groups is 2. The van der Waals surface area contributed by atoms with Crippen molar-refractivity contribution in [3.63, 3.8) is 0 Å². The zero-order valence-corrected chi connectivity index (χ0v) is 15.7. The Morgan fingerprint density at radius 3 is 2.67 bits per heavy atom. The molecule has 0 bridgehead atoms. The fraction of sp³-hybridized carbons (Fsp3) is 0.429. The van der Waals surface area contributed by atoms with Crippen LogP contribution in [0.5, 0.6) is 0 Å². The Balaban J connectivity index is 1.74. The van der Waals surface area contributed by atoms with Crippen LogP contribution in [0.4, 0.5) is 0 Å². The van der Waals surface area contributed by atoms with Gasteiger partial charge in [0.25, 0.3) is 5.91 Å². The number of rotatable bonds is 6. The van der Waals surface area contributed by atoms with Crippen LogP contribution in [0.2, 0.25) is 0 Å². The summed E-state index contributed by atoms with van der Waals surface area (Å²) < 4.78 is 5.75. The molecular weight excluding hydrogens is 342 g/mol. The largest absolute Gasteiger partial charge is 0.451 e. The van der Waals surface area contributed by atoms with Gasteiger partial charge in [0.05, 0.1) is 0 Å². The molecule has 6 heteroatoms. The lowest BCUT2D eigenvalue weighted by Crippen LogP contribution is -2.50. The van der Waals surface area contributed by atoms with Gasteiger partial charge in [0.2, 0.25) is 5.91 Å². The fourth-order valence-corrected chi connectivity index (χ4v) is 3.70. The third-order valence-electron chi connectivity index (χ3n) is 5.21. The first kappa shape index (κ1) is 19.2. The smallest absolute Gasteiger partial charge is 0.287 e. The van der Waals surface area contributed by atoms with Gasteiger partial charge in [-0.25, -0.2) is 0 Å².